The third-order valence-corrected chi connectivity index (χ3v) is 3.78. The Balaban J connectivity index is 2.11. The van der Waals surface area contributed by atoms with E-state index in [1.807, 2.05) is 35.9 Å². The van der Waals surface area contributed by atoms with Crippen molar-refractivity contribution in [1.82, 2.24) is 20.0 Å². The highest BCUT2D eigenvalue weighted by molar-refractivity contribution is 7.18. The number of rotatable bonds is 3. The van der Waals surface area contributed by atoms with Gasteiger partial charge in [0.05, 0.1) is 24.6 Å². The first-order valence-corrected chi connectivity index (χ1v) is 6.79. The van der Waals surface area contributed by atoms with Crippen LogP contribution < -0.4 is 10.5 Å². The third-order valence-electron chi connectivity index (χ3n) is 2.99. The maximum absolute atomic E-state index is 5.63. The molecule has 0 aliphatic carbocycles. The molecule has 0 aliphatic heterocycles. The van der Waals surface area contributed by atoms with Gasteiger partial charge in [0.25, 0.3) is 0 Å². The van der Waals surface area contributed by atoms with Crippen molar-refractivity contribution in [3.05, 3.63) is 36.2 Å². The molecule has 3 aromatic rings. The topological polar surface area (TPSA) is 78.8 Å². The van der Waals surface area contributed by atoms with Crippen molar-refractivity contribution in [2.75, 3.05) is 12.8 Å². The number of para-hydroxylation sites is 2. The third kappa shape index (κ3) is 2.01. The molecule has 3 rings (SSSR count). The van der Waals surface area contributed by atoms with Gasteiger partial charge in [0.2, 0.25) is 5.13 Å². The molecule has 0 spiro atoms. The minimum atomic E-state index is 0.449. The summed E-state index contributed by atoms with van der Waals surface area (Å²) in [5.74, 6) is 0.766. The smallest absolute Gasteiger partial charge is 0.203 e. The molecular formula is C13H13N5OS. The Bertz CT molecular complexity index is 749. The van der Waals surface area contributed by atoms with Crippen molar-refractivity contribution in [3.63, 3.8) is 0 Å². The molecule has 6 nitrogen and oxygen atoms in total. The van der Waals surface area contributed by atoms with Crippen molar-refractivity contribution in [3.8, 4) is 22.0 Å². The Morgan fingerprint density at radius 2 is 2.05 bits per heavy atom. The van der Waals surface area contributed by atoms with Gasteiger partial charge in [0.15, 0.2) is 5.01 Å². The molecule has 0 radical (unpaired) electrons. The summed E-state index contributed by atoms with van der Waals surface area (Å²) in [6.07, 6.45) is 1.77. The van der Waals surface area contributed by atoms with Gasteiger partial charge in [-0.15, -0.1) is 10.2 Å². The number of methoxy groups -OCH3 is 1. The number of ether oxygens (including phenoxy) is 1. The van der Waals surface area contributed by atoms with Crippen LogP contribution in [-0.4, -0.2) is 27.1 Å². The monoisotopic (exact) mass is 287 g/mol. The number of hydrogen-bond donors (Lipinski definition) is 1. The first kappa shape index (κ1) is 12.6. The van der Waals surface area contributed by atoms with Crippen LogP contribution in [0.15, 0.2) is 30.5 Å². The molecule has 0 aliphatic rings. The van der Waals surface area contributed by atoms with Crippen molar-refractivity contribution in [1.29, 1.82) is 0 Å². The fourth-order valence-electron chi connectivity index (χ4n) is 2.01. The van der Waals surface area contributed by atoms with Gasteiger partial charge < -0.3 is 10.5 Å². The highest BCUT2D eigenvalue weighted by Gasteiger charge is 2.15. The average molecular weight is 287 g/mol. The van der Waals surface area contributed by atoms with Gasteiger partial charge in [-0.1, -0.05) is 23.5 Å². The second kappa shape index (κ2) is 4.93. The van der Waals surface area contributed by atoms with Gasteiger partial charge in [0.1, 0.15) is 11.4 Å². The van der Waals surface area contributed by atoms with Gasteiger partial charge in [-0.25, -0.2) is 4.68 Å². The van der Waals surface area contributed by atoms with Crippen LogP contribution in [0.3, 0.4) is 0 Å². The summed E-state index contributed by atoms with van der Waals surface area (Å²) < 4.78 is 7.19. The van der Waals surface area contributed by atoms with E-state index in [4.69, 9.17) is 10.5 Å². The standard InChI is InChI=1S/C13H13N5OS/c1-8-9(12-16-17-13(14)20-12)7-15-18(8)10-5-3-4-6-11(10)19-2/h3-7H,1-2H3,(H2,14,17). The van der Waals surface area contributed by atoms with E-state index in [2.05, 4.69) is 15.3 Å². The molecule has 7 heteroatoms. The summed E-state index contributed by atoms with van der Waals surface area (Å²) in [6, 6.07) is 7.73. The molecule has 2 N–H and O–H groups in total. The summed E-state index contributed by atoms with van der Waals surface area (Å²) in [5.41, 5.74) is 8.40. The molecule has 0 bridgehead atoms. The lowest BCUT2D eigenvalue weighted by Gasteiger charge is -2.09. The summed E-state index contributed by atoms with van der Waals surface area (Å²) in [6.45, 7) is 1.98. The predicted octanol–water partition coefficient (Wildman–Crippen LogP) is 2.29. The zero-order chi connectivity index (χ0) is 14.1. The number of benzene rings is 1. The van der Waals surface area contributed by atoms with Gasteiger partial charge >= 0.3 is 0 Å². The minimum absolute atomic E-state index is 0.449. The predicted molar refractivity (Wildman–Crippen MR) is 78.2 cm³/mol. The van der Waals surface area contributed by atoms with E-state index in [1.165, 1.54) is 11.3 Å². The first-order chi connectivity index (χ1) is 9.70. The molecule has 0 atom stereocenters. The largest absolute Gasteiger partial charge is 0.494 e. The Hall–Kier alpha value is -2.41. The van der Waals surface area contributed by atoms with Crippen LogP contribution in [0.2, 0.25) is 0 Å². The molecule has 2 aromatic heterocycles. The quantitative estimate of drug-likeness (QED) is 0.799. The molecule has 0 fully saturated rings. The fraction of sp³-hybridized carbons (Fsp3) is 0.154. The fourth-order valence-corrected chi connectivity index (χ4v) is 2.68. The minimum Gasteiger partial charge on any atom is -0.494 e. The molecular weight excluding hydrogens is 274 g/mol. The maximum atomic E-state index is 5.63. The van der Waals surface area contributed by atoms with Crippen LogP contribution in [-0.2, 0) is 0 Å². The second-order valence-corrected chi connectivity index (χ2v) is 5.18. The van der Waals surface area contributed by atoms with Crippen molar-refractivity contribution >= 4 is 16.5 Å². The van der Waals surface area contributed by atoms with Crippen molar-refractivity contribution in [2.45, 2.75) is 6.92 Å². The molecule has 0 saturated heterocycles. The zero-order valence-corrected chi connectivity index (χ0v) is 11.9. The van der Waals surface area contributed by atoms with Crippen LogP contribution in [0.25, 0.3) is 16.3 Å². The highest BCUT2D eigenvalue weighted by atomic mass is 32.1. The Morgan fingerprint density at radius 1 is 1.25 bits per heavy atom. The normalized spacial score (nSPS) is 10.7. The van der Waals surface area contributed by atoms with Crippen molar-refractivity contribution < 1.29 is 4.74 Å². The summed E-state index contributed by atoms with van der Waals surface area (Å²) >= 11 is 1.34. The lowest BCUT2D eigenvalue weighted by molar-refractivity contribution is 0.411. The van der Waals surface area contributed by atoms with E-state index in [-0.39, 0.29) is 0 Å². The number of hydrogen-bond acceptors (Lipinski definition) is 6. The summed E-state index contributed by atoms with van der Waals surface area (Å²) in [7, 11) is 1.64. The SMILES string of the molecule is COc1ccccc1-n1ncc(-c2nnc(N)s2)c1C. The Labute approximate surface area is 119 Å². The zero-order valence-electron chi connectivity index (χ0n) is 11.1. The summed E-state index contributed by atoms with van der Waals surface area (Å²) in [5, 5.41) is 13.5. The van der Waals surface area contributed by atoms with E-state index in [0.717, 1.165) is 27.7 Å². The highest BCUT2D eigenvalue weighted by Crippen LogP contribution is 2.30. The van der Waals surface area contributed by atoms with Crippen LogP contribution in [0, 0.1) is 6.92 Å². The van der Waals surface area contributed by atoms with Gasteiger partial charge in [-0.3, -0.25) is 0 Å². The first-order valence-electron chi connectivity index (χ1n) is 5.98. The number of nitrogens with two attached hydrogens (primary N) is 1. The molecule has 102 valence electrons. The van der Waals surface area contributed by atoms with Crippen molar-refractivity contribution in [2.24, 2.45) is 0 Å². The molecule has 0 saturated carbocycles. The molecule has 0 amide bonds. The number of nitrogen functional groups attached to an aromatic ring is 1. The lowest BCUT2D eigenvalue weighted by atomic mass is 10.2. The molecule has 0 unspecified atom stereocenters. The Kier molecular flexibility index (Phi) is 3.11. The molecule has 20 heavy (non-hydrogen) atoms. The van der Waals surface area contributed by atoms with Crippen LogP contribution in [0.5, 0.6) is 5.75 Å². The average Bonchev–Trinajstić information content (AvgIpc) is 3.05. The van der Waals surface area contributed by atoms with E-state index >= 15 is 0 Å². The van der Waals surface area contributed by atoms with E-state index in [9.17, 15) is 0 Å². The van der Waals surface area contributed by atoms with E-state index in [1.54, 1.807) is 13.3 Å². The molecule has 1 aromatic carbocycles. The second-order valence-electron chi connectivity index (χ2n) is 4.17. The van der Waals surface area contributed by atoms with Gasteiger partial charge in [-0.2, -0.15) is 5.10 Å². The lowest BCUT2D eigenvalue weighted by Crippen LogP contribution is -2.01. The number of nitrogens with zero attached hydrogens (tertiary/aromatic N) is 4. The maximum Gasteiger partial charge on any atom is 0.203 e. The Morgan fingerprint density at radius 3 is 2.75 bits per heavy atom. The molecule has 2 heterocycles. The van der Waals surface area contributed by atoms with E-state index in [0.29, 0.717) is 5.13 Å². The van der Waals surface area contributed by atoms with E-state index < -0.39 is 0 Å². The van der Waals surface area contributed by atoms with Crippen LogP contribution in [0.1, 0.15) is 5.69 Å². The summed E-state index contributed by atoms with van der Waals surface area (Å²) in [4.78, 5) is 0. The van der Waals surface area contributed by atoms with Gasteiger partial charge in [0, 0.05) is 0 Å². The number of anilines is 1. The van der Waals surface area contributed by atoms with Crippen LogP contribution in [0.4, 0.5) is 5.13 Å². The van der Waals surface area contributed by atoms with Gasteiger partial charge in [-0.05, 0) is 19.1 Å². The van der Waals surface area contributed by atoms with Crippen LogP contribution >= 0.6 is 11.3 Å². The number of aromatic nitrogens is 4.